The highest BCUT2D eigenvalue weighted by atomic mass is 15.3. The maximum atomic E-state index is 5.63. The second-order valence-corrected chi connectivity index (χ2v) is 4.10. The Morgan fingerprint density at radius 2 is 2.17 bits per heavy atom. The summed E-state index contributed by atoms with van der Waals surface area (Å²) < 4.78 is 1.75. The summed E-state index contributed by atoms with van der Waals surface area (Å²) in [5.41, 5.74) is 8.37. The second-order valence-electron chi connectivity index (χ2n) is 4.10. The molecule has 0 aliphatic carbocycles. The van der Waals surface area contributed by atoms with Crippen molar-refractivity contribution in [3.05, 3.63) is 47.9 Å². The second kappa shape index (κ2) is 4.19. The molecule has 0 aliphatic rings. The fourth-order valence-corrected chi connectivity index (χ4v) is 1.94. The zero-order valence-corrected chi connectivity index (χ0v) is 10.0. The lowest BCUT2D eigenvalue weighted by atomic mass is 10.2. The Labute approximate surface area is 104 Å². The number of hydrogen-bond acceptors (Lipinski definition) is 4. The number of hydrogen-bond donors (Lipinski definition) is 1. The quantitative estimate of drug-likeness (QED) is 0.737. The van der Waals surface area contributed by atoms with Gasteiger partial charge in [0.05, 0.1) is 5.69 Å². The molecule has 90 valence electrons. The topological polar surface area (TPSA) is 69.6 Å². The van der Waals surface area contributed by atoms with Gasteiger partial charge in [0.2, 0.25) is 0 Å². The maximum absolute atomic E-state index is 5.63. The van der Waals surface area contributed by atoms with Crippen LogP contribution in [0.15, 0.2) is 36.7 Å². The van der Waals surface area contributed by atoms with E-state index in [0.717, 1.165) is 28.1 Å². The molecule has 0 aliphatic heterocycles. The van der Waals surface area contributed by atoms with Crippen molar-refractivity contribution in [2.24, 2.45) is 5.73 Å². The number of nitrogens with two attached hydrogens (primary N) is 1. The highest BCUT2D eigenvalue weighted by Crippen LogP contribution is 2.19. The third-order valence-corrected chi connectivity index (χ3v) is 2.87. The van der Waals surface area contributed by atoms with Gasteiger partial charge in [-0.25, -0.2) is 9.97 Å². The Hall–Kier alpha value is -2.27. The molecule has 0 aromatic carbocycles. The maximum Gasteiger partial charge on any atom is 0.164 e. The van der Waals surface area contributed by atoms with Crippen LogP contribution < -0.4 is 5.73 Å². The van der Waals surface area contributed by atoms with Crippen LogP contribution in [0.4, 0.5) is 0 Å². The molecule has 3 rings (SSSR count). The Morgan fingerprint density at radius 1 is 1.28 bits per heavy atom. The predicted octanol–water partition coefficient (Wildman–Crippen LogP) is 1.58. The van der Waals surface area contributed by atoms with E-state index in [1.165, 1.54) is 0 Å². The third-order valence-electron chi connectivity index (χ3n) is 2.87. The van der Waals surface area contributed by atoms with Crippen molar-refractivity contribution in [1.82, 2.24) is 19.7 Å². The molecule has 3 heterocycles. The highest BCUT2D eigenvalue weighted by molar-refractivity contribution is 5.79. The molecule has 0 saturated carbocycles. The number of rotatable bonds is 2. The first-order chi connectivity index (χ1) is 8.79. The summed E-state index contributed by atoms with van der Waals surface area (Å²) in [4.78, 5) is 8.72. The van der Waals surface area contributed by atoms with Crippen LogP contribution in [0.2, 0.25) is 0 Å². The van der Waals surface area contributed by atoms with E-state index >= 15 is 0 Å². The van der Waals surface area contributed by atoms with Gasteiger partial charge in [-0.15, -0.1) is 0 Å². The van der Waals surface area contributed by atoms with Gasteiger partial charge in [-0.2, -0.15) is 9.78 Å². The van der Waals surface area contributed by atoms with Crippen LogP contribution in [0, 0.1) is 6.92 Å². The zero-order chi connectivity index (χ0) is 12.5. The standard InChI is InChI=1S/C13H13N5/c1-9-11-6-10(7-14)8-16-13(11)18(17-9)12-4-2-3-5-15-12/h2-6,8H,7,14H2,1H3. The van der Waals surface area contributed by atoms with E-state index < -0.39 is 0 Å². The molecule has 3 aromatic rings. The van der Waals surface area contributed by atoms with E-state index in [0.29, 0.717) is 6.54 Å². The molecule has 18 heavy (non-hydrogen) atoms. The fourth-order valence-electron chi connectivity index (χ4n) is 1.94. The van der Waals surface area contributed by atoms with E-state index in [4.69, 9.17) is 5.73 Å². The minimum Gasteiger partial charge on any atom is -0.326 e. The van der Waals surface area contributed by atoms with Gasteiger partial charge in [-0.3, -0.25) is 0 Å². The number of nitrogens with zero attached hydrogens (tertiary/aromatic N) is 4. The Balaban J connectivity index is 2.26. The Bertz CT molecular complexity index is 687. The van der Waals surface area contributed by atoms with Crippen LogP contribution in [0.3, 0.4) is 0 Å². The van der Waals surface area contributed by atoms with Gasteiger partial charge in [0.1, 0.15) is 0 Å². The van der Waals surface area contributed by atoms with Crippen molar-refractivity contribution in [3.63, 3.8) is 0 Å². The minimum atomic E-state index is 0.483. The van der Waals surface area contributed by atoms with Crippen molar-refractivity contribution < 1.29 is 0 Å². The molecular formula is C13H13N5. The lowest BCUT2D eigenvalue weighted by Crippen LogP contribution is -2.01. The summed E-state index contributed by atoms with van der Waals surface area (Å²) in [6.07, 6.45) is 3.52. The van der Waals surface area contributed by atoms with E-state index in [-0.39, 0.29) is 0 Å². The SMILES string of the molecule is Cc1nn(-c2ccccn2)c2ncc(CN)cc12. The van der Waals surface area contributed by atoms with Gasteiger partial charge in [-0.1, -0.05) is 6.07 Å². The molecule has 0 amide bonds. The zero-order valence-electron chi connectivity index (χ0n) is 10.0. The summed E-state index contributed by atoms with van der Waals surface area (Å²) in [6, 6.07) is 7.75. The summed E-state index contributed by atoms with van der Waals surface area (Å²) in [6.45, 7) is 2.45. The van der Waals surface area contributed by atoms with Crippen LogP contribution in [-0.4, -0.2) is 19.7 Å². The Morgan fingerprint density at radius 3 is 2.89 bits per heavy atom. The Kier molecular flexibility index (Phi) is 2.53. The largest absolute Gasteiger partial charge is 0.326 e. The van der Waals surface area contributed by atoms with Crippen LogP contribution in [-0.2, 0) is 6.54 Å². The number of aromatic nitrogens is 4. The van der Waals surface area contributed by atoms with Crippen LogP contribution in [0.1, 0.15) is 11.3 Å². The first-order valence-electron chi connectivity index (χ1n) is 5.75. The first kappa shape index (κ1) is 10.9. The number of aryl methyl sites for hydroxylation is 1. The number of fused-ring (bicyclic) bond motifs is 1. The average Bonchev–Trinajstić information content (AvgIpc) is 2.77. The molecule has 5 nitrogen and oxygen atoms in total. The van der Waals surface area contributed by atoms with Crippen LogP contribution >= 0.6 is 0 Å². The third kappa shape index (κ3) is 1.65. The monoisotopic (exact) mass is 239 g/mol. The molecule has 0 bridgehead atoms. The average molecular weight is 239 g/mol. The normalized spacial score (nSPS) is 11.0. The minimum absolute atomic E-state index is 0.483. The van der Waals surface area contributed by atoms with Crippen LogP contribution in [0.5, 0.6) is 0 Å². The van der Waals surface area contributed by atoms with Crippen molar-refractivity contribution >= 4 is 11.0 Å². The fraction of sp³-hybridized carbons (Fsp3) is 0.154. The van der Waals surface area contributed by atoms with E-state index in [1.54, 1.807) is 17.1 Å². The molecule has 0 saturated heterocycles. The molecule has 0 unspecified atom stereocenters. The van der Waals surface area contributed by atoms with E-state index in [9.17, 15) is 0 Å². The predicted molar refractivity (Wildman–Crippen MR) is 69.3 cm³/mol. The lowest BCUT2D eigenvalue weighted by Gasteiger charge is -2.01. The molecule has 0 radical (unpaired) electrons. The van der Waals surface area contributed by atoms with Crippen LogP contribution in [0.25, 0.3) is 16.9 Å². The van der Waals surface area contributed by atoms with Gasteiger partial charge in [0.25, 0.3) is 0 Å². The summed E-state index contributed by atoms with van der Waals surface area (Å²) in [5.74, 6) is 0.767. The lowest BCUT2D eigenvalue weighted by molar-refractivity contribution is 0.846. The molecule has 0 spiro atoms. The van der Waals surface area contributed by atoms with Gasteiger partial charge in [0.15, 0.2) is 11.5 Å². The van der Waals surface area contributed by atoms with E-state index in [2.05, 4.69) is 15.1 Å². The first-order valence-corrected chi connectivity index (χ1v) is 5.75. The highest BCUT2D eigenvalue weighted by Gasteiger charge is 2.11. The van der Waals surface area contributed by atoms with E-state index in [1.807, 2.05) is 31.2 Å². The molecule has 2 N–H and O–H groups in total. The molecule has 0 fully saturated rings. The molecule has 0 atom stereocenters. The van der Waals surface area contributed by atoms with Gasteiger partial charge < -0.3 is 5.73 Å². The molecule has 5 heteroatoms. The smallest absolute Gasteiger partial charge is 0.164 e. The molecule has 3 aromatic heterocycles. The summed E-state index contributed by atoms with van der Waals surface area (Å²) in [5, 5.41) is 5.50. The van der Waals surface area contributed by atoms with Gasteiger partial charge in [-0.05, 0) is 30.7 Å². The van der Waals surface area contributed by atoms with Crippen molar-refractivity contribution in [1.29, 1.82) is 0 Å². The van der Waals surface area contributed by atoms with Crippen molar-refractivity contribution in [3.8, 4) is 5.82 Å². The summed E-state index contributed by atoms with van der Waals surface area (Å²) in [7, 11) is 0. The molecular weight excluding hydrogens is 226 g/mol. The van der Waals surface area contributed by atoms with Crippen molar-refractivity contribution in [2.45, 2.75) is 13.5 Å². The number of pyridine rings is 2. The van der Waals surface area contributed by atoms with Gasteiger partial charge in [0, 0.05) is 24.3 Å². The van der Waals surface area contributed by atoms with Crippen molar-refractivity contribution in [2.75, 3.05) is 0 Å². The van der Waals surface area contributed by atoms with Gasteiger partial charge >= 0.3 is 0 Å². The summed E-state index contributed by atoms with van der Waals surface area (Å²) >= 11 is 0.